The second kappa shape index (κ2) is 8.92. The molecule has 1 saturated carbocycles. The van der Waals surface area contributed by atoms with Gasteiger partial charge in [0.1, 0.15) is 5.60 Å². The molecule has 3 rings (SSSR count). The van der Waals surface area contributed by atoms with Crippen LogP contribution in [0.2, 0.25) is 0 Å². The number of nitro groups is 1. The summed E-state index contributed by atoms with van der Waals surface area (Å²) in [5.41, 5.74) is 2.42. The van der Waals surface area contributed by atoms with Crippen molar-refractivity contribution >= 4 is 11.8 Å². The topological polar surface area (TPSA) is 102 Å². The van der Waals surface area contributed by atoms with E-state index in [9.17, 15) is 20.0 Å². The van der Waals surface area contributed by atoms with Gasteiger partial charge in [-0.05, 0) is 75.5 Å². The summed E-state index contributed by atoms with van der Waals surface area (Å²) in [7, 11) is 0. The minimum Gasteiger partial charge on any atom is -0.444 e. The quantitative estimate of drug-likeness (QED) is 0.539. The van der Waals surface area contributed by atoms with Crippen LogP contribution in [0.1, 0.15) is 82.4 Å². The number of hydrogen-bond donors (Lipinski definition) is 2. The van der Waals surface area contributed by atoms with E-state index in [0.29, 0.717) is 5.56 Å². The van der Waals surface area contributed by atoms with Crippen LogP contribution in [0.5, 0.6) is 0 Å². The number of nitrogens with zero attached hydrogens (tertiary/aromatic N) is 1. The van der Waals surface area contributed by atoms with Crippen molar-refractivity contribution in [3.05, 3.63) is 38.9 Å². The molecule has 2 aliphatic carbocycles. The number of carbonyl (C=O) groups excluding carboxylic acids is 1. The molecule has 1 spiro atoms. The average molecular weight is 419 g/mol. The van der Waals surface area contributed by atoms with E-state index in [0.717, 1.165) is 37.7 Å². The van der Waals surface area contributed by atoms with Gasteiger partial charge < -0.3 is 15.2 Å². The molecule has 0 heterocycles. The lowest BCUT2D eigenvalue weighted by molar-refractivity contribution is -0.385. The van der Waals surface area contributed by atoms with Crippen molar-refractivity contribution in [2.75, 3.05) is 6.61 Å². The van der Waals surface area contributed by atoms with Crippen LogP contribution in [0.15, 0.2) is 12.1 Å². The number of fused-ring (bicyclic) bond motifs is 2. The van der Waals surface area contributed by atoms with Crippen molar-refractivity contribution in [3.63, 3.8) is 0 Å². The third kappa shape index (κ3) is 5.12. The van der Waals surface area contributed by atoms with Gasteiger partial charge in [-0.2, -0.15) is 0 Å². The van der Waals surface area contributed by atoms with E-state index in [2.05, 4.69) is 5.32 Å². The highest BCUT2D eigenvalue weighted by molar-refractivity contribution is 5.68. The molecule has 0 aromatic heterocycles. The van der Waals surface area contributed by atoms with E-state index in [4.69, 9.17) is 4.74 Å². The molecule has 166 valence electrons. The molecule has 1 amide bonds. The number of aryl methyl sites for hydroxylation is 1. The highest BCUT2D eigenvalue weighted by Gasteiger charge is 2.39. The summed E-state index contributed by atoms with van der Waals surface area (Å²) < 4.78 is 5.26. The Hall–Kier alpha value is -2.15. The fraction of sp³-hybridized carbons (Fsp3) is 0.696. The highest BCUT2D eigenvalue weighted by Crippen LogP contribution is 2.48. The predicted molar refractivity (Wildman–Crippen MR) is 115 cm³/mol. The van der Waals surface area contributed by atoms with Crippen LogP contribution < -0.4 is 5.32 Å². The van der Waals surface area contributed by atoms with Crippen LogP contribution in [0.25, 0.3) is 0 Å². The molecule has 0 aliphatic heterocycles. The first-order chi connectivity index (χ1) is 14.1. The highest BCUT2D eigenvalue weighted by atomic mass is 16.6. The summed E-state index contributed by atoms with van der Waals surface area (Å²) in [6, 6.07) is 3.09. The zero-order chi connectivity index (χ0) is 21.9. The Morgan fingerprint density at radius 3 is 2.50 bits per heavy atom. The van der Waals surface area contributed by atoms with Gasteiger partial charge in [0.25, 0.3) is 5.69 Å². The number of amides is 1. The summed E-state index contributed by atoms with van der Waals surface area (Å²) in [5.74, 6) is 0. The minimum atomic E-state index is -0.657. The van der Waals surface area contributed by atoms with Crippen molar-refractivity contribution in [2.24, 2.45) is 0 Å². The second-order valence-corrected chi connectivity index (χ2v) is 9.82. The van der Waals surface area contributed by atoms with Crippen molar-refractivity contribution in [2.45, 2.75) is 95.6 Å². The lowest BCUT2D eigenvalue weighted by atomic mass is 9.62. The van der Waals surface area contributed by atoms with Crippen molar-refractivity contribution in [1.82, 2.24) is 5.32 Å². The van der Waals surface area contributed by atoms with Crippen LogP contribution in [0.4, 0.5) is 10.5 Å². The summed E-state index contributed by atoms with van der Waals surface area (Å²) in [5, 5.41) is 24.3. The van der Waals surface area contributed by atoms with Crippen LogP contribution in [-0.2, 0) is 23.0 Å². The SMILES string of the molecule is CC(C)(C)OC(=O)NC(CO)Cc1cc2c(cc1[N+](=O)[O-])C1(CCCCC1)CCC2. The van der Waals surface area contributed by atoms with Crippen LogP contribution in [-0.4, -0.2) is 34.4 Å². The van der Waals surface area contributed by atoms with Gasteiger partial charge in [0.05, 0.1) is 17.6 Å². The van der Waals surface area contributed by atoms with Crippen molar-refractivity contribution in [3.8, 4) is 0 Å². The zero-order valence-corrected chi connectivity index (χ0v) is 18.3. The Labute approximate surface area is 178 Å². The maximum Gasteiger partial charge on any atom is 0.407 e. The summed E-state index contributed by atoms with van der Waals surface area (Å²) in [6.07, 6.45) is 8.50. The number of nitrogens with one attached hydrogen (secondary N) is 1. The van der Waals surface area contributed by atoms with E-state index in [-0.39, 0.29) is 29.1 Å². The second-order valence-electron chi connectivity index (χ2n) is 9.82. The van der Waals surface area contributed by atoms with Gasteiger partial charge in [0.15, 0.2) is 0 Å². The van der Waals surface area contributed by atoms with Gasteiger partial charge in [-0.25, -0.2) is 4.79 Å². The maximum atomic E-state index is 12.1. The van der Waals surface area contributed by atoms with Gasteiger partial charge >= 0.3 is 6.09 Å². The third-order valence-electron chi connectivity index (χ3n) is 6.39. The minimum absolute atomic E-state index is 0.0836. The number of rotatable bonds is 5. The summed E-state index contributed by atoms with van der Waals surface area (Å²) >= 11 is 0. The first kappa shape index (κ1) is 22.5. The van der Waals surface area contributed by atoms with Gasteiger partial charge in [0, 0.05) is 18.1 Å². The summed E-state index contributed by atoms with van der Waals surface area (Å²) in [4.78, 5) is 23.7. The van der Waals surface area contributed by atoms with E-state index in [1.807, 2.05) is 6.07 Å². The molecule has 1 atom stereocenters. The Bertz CT molecular complexity index is 794. The Kier molecular flexibility index (Phi) is 6.70. The molecule has 7 nitrogen and oxygen atoms in total. The van der Waals surface area contributed by atoms with Crippen LogP contribution in [0, 0.1) is 10.1 Å². The van der Waals surface area contributed by atoms with Gasteiger partial charge in [-0.1, -0.05) is 19.3 Å². The molecule has 2 aliphatic rings. The molecule has 1 fully saturated rings. The van der Waals surface area contributed by atoms with E-state index in [1.54, 1.807) is 26.8 Å². The normalized spacial score (nSPS) is 19.1. The maximum absolute atomic E-state index is 12.1. The van der Waals surface area contributed by atoms with E-state index >= 15 is 0 Å². The van der Waals surface area contributed by atoms with Crippen LogP contribution in [0.3, 0.4) is 0 Å². The van der Waals surface area contributed by atoms with Gasteiger partial charge in [-0.3, -0.25) is 10.1 Å². The first-order valence-corrected chi connectivity index (χ1v) is 11.0. The first-order valence-electron chi connectivity index (χ1n) is 11.0. The molecule has 30 heavy (non-hydrogen) atoms. The van der Waals surface area contributed by atoms with Crippen LogP contribution >= 0.6 is 0 Å². The Morgan fingerprint density at radius 1 is 1.23 bits per heavy atom. The number of ether oxygens (including phenoxy) is 1. The molecule has 0 radical (unpaired) electrons. The number of aliphatic hydroxyl groups is 1. The molecule has 1 aromatic rings. The number of carbonyl (C=O) groups is 1. The summed E-state index contributed by atoms with van der Waals surface area (Å²) in [6.45, 7) is 4.96. The number of benzene rings is 1. The fourth-order valence-electron chi connectivity index (χ4n) is 5.12. The number of alkyl carbamates (subject to hydrolysis) is 1. The molecule has 7 heteroatoms. The molecular formula is C23H34N2O5. The predicted octanol–water partition coefficient (Wildman–Crippen LogP) is 4.56. The molecule has 0 saturated heterocycles. The van der Waals surface area contributed by atoms with Crippen molar-refractivity contribution in [1.29, 1.82) is 0 Å². The molecule has 0 bridgehead atoms. The van der Waals surface area contributed by atoms with Gasteiger partial charge in [-0.15, -0.1) is 0 Å². The van der Waals surface area contributed by atoms with Gasteiger partial charge in [0.2, 0.25) is 0 Å². The largest absolute Gasteiger partial charge is 0.444 e. The Morgan fingerprint density at radius 2 is 1.90 bits per heavy atom. The molecule has 1 aromatic carbocycles. The van der Waals surface area contributed by atoms with E-state index in [1.165, 1.54) is 24.8 Å². The molecule has 2 N–H and O–H groups in total. The third-order valence-corrected chi connectivity index (χ3v) is 6.39. The number of hydrogen-bond acceptors (Lipinski definition) is 5. The molecule has 1 unspecified atom stereocenters. The standard InChI is InChI=1S/C23H34N2O5/c1-22(2,3)30-21(27)24-18(15-26)13-17-12-16-8-7-11-23(9-5-4-6-10-23)19(16)14-20(17)25(28)29/h12,14,18,26H,4-11,13,15H2,1-3H3,(H,24,27). The fourth-order valence-corrected chi connectivity index (χ4v) is 5.12. The lowest BCUT2D eigenvalue weighted by Crippen LogP contribution is -2.42. The lowest BCUT2D eigenvalue weighted by Gasteiger charge is -2.42. The number of nitro benzene ring substituents is 1. The Balaban J connectivity index is 1.87. The van der Waals surface area contributed by atoms with E-state index < -0.39 is 17.7 Å². The van der Waals surface area contributed by atoms with Crippen molar-refractivity contribution < 1.29 is 19.6 Å². The number of aliphatic hydroxyl groups excluding tert-OH is 1. The smallest absolute Gasteiger partial charge is 0.407 e. The molecular weight excluding hydrogens is 384 g/mol. The zero-order valence-electron chi connectivity index (χ0n) is 18.3. The monoisotopic (exact) mass is 418 g/mol. The average Bonchev–Trinajstić information content (AvgIpc) is 2.66.